The first-order valence-electron chi connectivity index (χ1n) is 5.80. The number of furan rings is 1. The second kappa shape index (κ2) is 6.54. The van der Waals surface area contributed by atoms with Crippen molar-refractivity contribution in [3.05, 3.63) is 58.5 Å². The molecule has 1 aromatic heterocycles. The average Bonchev–Trinajstić information content (AvgIpc) is 2.93. The fraction of sp³-hybridized carbons (Fsp3) is 0.214. The van der Waals surface area contributed by atoms with Crippen molar-refractivity contribution in [1.82, 2.24) is 5.32 Å². The molecule has 2 aromatic rings. The molecule has 1 amide bonds. The number of rotatable bonds is 5. The van der Waals surface area contributed by atoms with E-state index in [4.69, 9.17) is 9.15 Å². The number of amides is 1. The zero-order valence-corrected chi connectivity index (χ0v) is 12.0. The minimum atomic E-state index is -0.286. The molecule has 1 heterocycles. The smallest absolute Gasteiger partial charge is 0.251 e. The molecule has 0 fully saturated rings. The van der Waals surface area contributed by atoms with Gasteiger partial charge in [-0.25, -0.2) is 0 Å². The third-order valence-electron chi connectivity index (χ3n) is 2.68. The van der Waals surface area contributed by atoms with Gasteiger partial charge in [0.25, 0.3) is 5.91 Å². The Bertz CT molecular complexity index is 539. The van der Waals surface area contributed by atoms with E-state index >= 15 is 0 Å². The Kier molecular flexibility index (Phi) is 4.76. The molecule has 2 rings (SSSR count). The van der Waals surface area contributed by atoms with Crippen LogP contribution in [0.2, 0.25) is 0 Å². The highest BCUT2D eigenvalue weighted by atomic mass is 79.9. The number of carbonyl (C=O) groups excluding carboxylic acids is 1. The Morgan fingerprint density at radius 1 is 1.42 bits per heavy atom. The summed E-state index contributed by atoms with van der Waals surface area (Å²) in [7, 11) is 1.58. The SMILES string of the molecule is COC(CNC(=O)c1cccc(Br)c1)c1ccco1. The van der Waals surface area contributed by atoms with Crippen molar-refractivity contribution in [2.24, 2.45) is 0 Å². The molecule has 0 saturated carbocycles. The van der Waals surface area contributed by atoms with E-state index in [1.807, 2.05) is 18.2 Å². The van der Waals surface area contributed by atoms with Crippen LogP contribution in [0.15, 0.2) is 51.6 Å². The number of hydrogen-bond acceptors (Lipinski definition) is 3. The van der Waals surface area contributed by atoms with Gasteiger partial charge in [-0.15, -0.1) is 0 Å². The molecule has 0 spiro atoms. The van der Waals surface area contributed by atoms with Crippen molar-refractivity contribution in [2.75, 3.05) is 13.7 Å². The Labute approximate surface area is 119 Å². The zero-order valence-electron chi connectivity index (χ0n) is 10.4. The fourth-order valence-corrected chi connectivity index (χ4v) is 2.09. The standard InChI is InChI=1S/C14H14BrNO3/c1-18-13(12-6-3-7-19-12)9-16-14(17)10-4-2-5-11(15)8-10/h2-8,13H,9H2,1H3,(H,16,17). The van der Waals surface area contributed by atoms with Crippen molar-refractivity contribution in [3.63, 3.8) is 0 Å². The fourth-order valence-electron chi connectivity index (χ4n) is 1.69. The summed E-state index contributed by atoms with van der Waals surface area (Å²) < 4.78 is 11.4. The molecule has 5 heteroatoms. The Morgan fingerprint density at radius 3 is 2.89 bits per heavy atom. The van der Waals surface area contributed by atoms with Crippen LogP contribution >= 0.6 is 15.9 Å². The monoisotopic (exact) mass is 323 g/mol. The van der Waals surface area contributed by atoms with Gasteiger partial charge in [-0.2, -0.15) is 0 Å². The molecule has 0 aliphatic heterocycles. The summed E-state index contributed by atoms with van der Waals surface area (Å²) in [6.45, 7) is 0.357. The highest BCUT2D eigenvalue weighted by molar-refractivity contribution is 9.10. The van der Waals surface area contributed by atoms with Gasteiger partial charge >= 0.3 is 0 Å². The van der Waals surface area contributed by atoms with E-state index in [1.165, 1.54) is 0 Å². The topological polar surface area (TPSA) is 51.5 Å². The molecule has 0 aliphatic rings. The quantitative estimate of drug-likeness (QED) is 0.919. The van der Waals surface area contributed by atoms with Gasteiger partial charge in [0, 0.05) is 17.1 Å². The van der Waals surface area contributed by atoms with Gasteiger partial charge in [-0.1, -0.05) is 22.0 Å². The van der Waals surface area contributed by atoms with Crippen molar-refractivity contribution < 1.29 is 13.9 Å². The molecule has 0 bridgehead atoms. The van der Waals surface area contributed by atoms with E-state index in [1.54, 1.807) is 31.6 Å². The first-order valence-corrected chi connectivity index (χ1v) is 6.60. The number of carbonyl (C=O) groups is 1. The maximum Gasteiger partial charge on any atom is 0.251 e. The van der Waals surface area contributed by atoms with Gasteiger partial charge in [0.1, 0.15) is 11.9 Å². The maximum atomic E-state index is 12.0. The number of ether oxygens (including phenoxy) is 1. The summed E-state index contributed by atoms with van der Waals surface area (Å²) in [4.78, 5) is 12.0. The molecule has 1 atom stereocenters. The average molecular weight is 324 g/mol. The Hall–Kier alpha value is -1.59. The lowest BCUT2D eigenvalue weighted by Gasteiger charge is -2.13. The molecule has 1 unspecified atom stereocenters. The van der Waals surface area contributed by atoms with Crippen LogP contribution in [0.4, 0.5) is 0 Å². The zero-order chi connectivity index (χ0) is 13.7. The Balaban J connectivity index is 1.96. The first kappa shape index (κ1) is 13.8. The molecule has 100 valence electrons. The van der Waals surface area contributed by atoms with Crippen LogP contribution in [0.25, 0.3) is 0 Å². The minimum Gasteiger partial charge on any atom is -0.467 e. The summed E-state index contributed by atoms with van der Waals surface area (Å²) in [6.07, 6.45) is 1.29. The number of hydrogen-bond donors (Lipinski definition) is 1. The lowest BCUT2D eigenvalue weighted by atomic mass is 10.2. The minimum absolute atomic E-state index is 0.144. The normalized spacial score (nSPS) is 12.1. The van der Waals surface area contributed by atoms with Gasteiger partial charge < -0.3 is 14.5 Å². The van der Waals surface area contributed by atoms with E-state index in [9.17, 15) is 4.79 Å². The molecule has 1 N–H and O–H groups in total. The van der Waals surface area contributed by atoms with Crippen molar-refractivity contribution in [1.29, 1.82) is 0 Å². The Morgan fingerprint density at radius 2 is 2.26 bits per heavy atom. The van der Waals surface area contributed by atoms with Crippen molar-refractivity contribution in [2.45, 2.75) is 6.10 Å². The third kappa shape index (κ3) is 3.68. The highest BCUT2D eigenvalue weighted by Gasteiger charge is 2.15. The maximum absolute atomic E-state index is 12.0. The van der Waals surface area contributed by atoms with Crippen LogP contribution in [0, 0.1) is 0 Å². The van der Waals surface area contributed by atoms with Crippen molar-refractivity contribution >= 4 is 21.8 Å². The lowest BCUT2D eigenvalue weighted by Crippen LogP contribution is -2.29. The number of methoxy groups -OCH3 is 1. The van der Waals surface area contributed by atoms with Crippen molar-refractivity contribution in [3.8, 4) is 0 Å². The molecule has 0 saturated heterocycles. The number of nitrogens with one attached hydrogen (secondary N) is 1. The predicted octanol–water partition coefficient (Wildman–Crippen LogP) is 3.16. The van der Waals surface area contributed by atoms with Crippen LogP contribution < -0.4 is 5.32 Å². The second-order valence-corrected chi connectivity index (χ2v) is 4.88. The van der Waals surface area contributed by atoms with Gasteiger partial charge in [0.15, 0.2) is 0 Å². The molecular formula is C14H14BrNO3. The van der Waals surface area contributed by atoms with Crippen LogP contribution in [-0.2, 0) is 4.74 Å². The van der Waals surface area contributed by atoms with Gasteiger partial charge in [-0.05, 0) is 30.3 Å². The molecule has 0 aliphatic carbocycles. The number of halogens is 1. The molecule has 4 nitrogen and oxygen atoms in total. The van der Waals surface area contributed by atoms with Crippen LogP contribution in [0.5, 0.6) is 0 Å². The van der Waals surface area contributed by atoms with Gasteiger partial charge in [0.2, 0.25) is 0 Å². The molecule has 19 heavy (non-hydrogen) atoms. The van der Waals surface area contributed by atoms with Crippen LogP contribution in [0.1, 0.15) is 22.2 Å². The predicted molar refractivity (Wildman–Crippen MR) is 74.9 cm³/mol. The van der Waals surface area contributed by atoms with E-state index in [-0.39, 0.29) is 12.0 Å². The molecule has 0 radical (unpaired) electrons. The van der Waals surface area contributed by atoms with Crippen LogP contribution in [0.3, 0.4) is 0 Å². The molecule has 1 aromatic carbocycles. The van der Waals surface area contributed by atoms with E-state index < -0.39 is 0 Å². The summed E-state index contributed by atoms with van der Waals surface area (Å²) in [5.41, 5.74) is 0.601. The van der Waals surface area contributed by atoms with E-state index in [2.05, 4.69) is 21.2 Å². The summed E-state index contributed by atoms with van der Waals surface area (Å²) in [5, 5.41) is 2.82. The number of benzene rings is 1. The first-order chi connectivity index (χ1) is 9.20. The van der Waals surface area contributed by atoms with Gasteiger partial charge in [0.05, 0.1) is 12.8 Å². The molecular weight excluding hydrogens is 310 g/mol. The summed E-state index contributed by atoms with van der Waals surface area (Å²) in [6, 6.07) is 10.8. The largest absolute Gasteiger partial charge is 0.467 e. The second-order valence-electron chi connectivity index (χ2n) is 3.96. The van der Waals surface area contributed by atoms with Gasteiger partial charge in [-0.3, -0.25) is 4.79 Å². The summed E-state index contributed by atoms with van der Waals surface area (Å²) >= 11 is 3.34. The van der Waals surface area contributed by atoms with E-state index in [0.29, 0.717) is 17.9 Å². The highest BCUT2D eigenvalue weighted by Crippen LogP contribution is 2.16. The van der Waals surface area contributed by atoms with E-state index in [0.717, 1.165) is 4.47 Å². The summed E-state index contributed by atoms with van der Waals surface area (Å²) in [5.74, 6) is 0.548. The third-order valence-corrected chi connectivity index (χ3v) is 3.17. The van der Waals surface area contributed by atoms with Crippen LogP contribution in [-0.4, -0.2) is 19.6 Å². The lowest BCUT2D eigenvalue weighted by molar-refractivity contribution is 0.0738.